The van der Waals surface area contributed by atoms with Crippen LogP contribution < -0.4 is 9.62 Å². The number of hydrogen-bond donors (Lipinski definition) is 1. The van der Waals surface area contributed by atoms with Gasteiger partial charge in [-0.2, -0.15) is 0 Å². The number of carbonyl (C=O) groups excluding carboxylic acids is 2. The van der Waals surface area contributed by atoms with E-state index in [1.807, 2.05) is 50.2 Å². The third-order valence-electron chi connectivity index (χ3n) is 6.15. The zero-order valence-corrected chi connectivity index (χ0v) is 24.8. The van der Waals surface area contributed by atoms with Crippen molar-refractivity contribution in [1.29, 1.82) is 0 Å². The van der Waals surface area contributed by atoms with E-state index in [-0.39, 0.29) is 18.9 Å². The lowest BCUT2D eigenvalue weighted by Crippen LogP contribution is -2.53. The molecule has 0 bridgehead atoms. The average Bonchev–Trinajstić information content (AvgIpc) is 2.85. The Morgan fingerprint density at radius 2 is 1.59 bits per heavy atom. The van der Waals surface area contributed by atoms with Crippen molar-refractivity contribution in [3.05, 3.63) is 99.0 Å². The lowest BCUT2D eigenvalue weighted by Gasteiger charge is -2.33. The second-order valence-corrected chi connectivity index (χ2v) is 12.2. The van der Waals surface area contributed by atoms with Gasteiger partial charge in [-0.05, 0) is 67.3 Å². The number of aryl methyl sites for hydroxylation is 2. The molecule has 0 aliphatic carbocycles. The first-order chi connectivity index (χ1) is 18.4. The molecule has 0 fully saturated rings. The summed E-state index contributed by atoms with van der Waals surface area (Å²) in [4.78, 5) is 28.8. The molecule has 7 nitrogen and oxygen atoms in total. The molecule has 0 saturated heterocycles. The quantitative estimate of drug-likeness (QED) is 0.335. The van der Waals surface area contributed by atoms with E-state index in [0.717, 1.165) is 27.3 Å². The highest BCUT2D eigenvalue weighted by molar-refractivity contribution is 7.92. The number of amides is 2. The van der Waals surface area contributed by atoms with Crippen LogP contribution in [0.25, 0.3) is 0 Å². The Morgan fingerprint density at radius 3 is 2.15 bits per heavy atom. The molecular weight excluding hydrogens is 557 g/mol. The molecule has 3 aromatic carbocycles. The lowest BCUT2D eigenvalue weighted by molar-refractivity contribution is -0.140. The van der Waals surface area contributed by atoms with Crippen molar-refractivity contribution in [2.24, 2.45) is 0 Å². The van der Waals surface area contributed by atoms with E-state index in [0.29, 0.717) is 27.8 Å². The average molecular weight is 591 g/mol. The van der Waals surface area contributed by atoms with Crippen molar-refractivity contribution in [2.45, 2.75) is 39.8 Å². The Hall–Kier alpha value is -3.07. The van der Waals surface area contributed by atoms with Gasteiger partial charge in [-0.25, -0.2) is 8.42 Å². The van der Waals surface area contributed by atoms with E-state index in [1.165, 1.54) is 4.90 Å². The van der Waals surface area contributed by atoms with Crippen LogP contribution in [0.5, 0.6) is 0 Å². The van der Waals surface area contributed by atoms with Crippen LogP contribution in [0, 0.1) is 13.8 Å². The van der Waals surface area contributed by atoms with E-state index in [4.69, 9.17) is 23.2 Å². The van der Waals surface area contributed by atoms with Crippen LogP contribution in [0.4, 0.5) is 5.69 Å². The van der Waals surface area contributed by atoms with Crippen LogP contribution in [0.1, 0.15) is 29.2 Å². The smallest absolute Gasteiger partial charge is 0.244 e. The minimum Gasteiger partial charge on any atom is -0.355 e. The maximum atomic E-state index is 14.0. The highest BCUT2D eigenvalue weighted by Gasteiger charge is 2.33. The number of hydrogen-bond acceptors (Lipinski definition) is 4. The summed E-state index contributed by atoms with van der Waals surface area (Å²) in [7, 11) is -3.84. The molecule has 3 aromatic rings. The first-order valence-corrected chi connectivity index (χ1v) is 15.1. The zero-order chi connectivity index (χ0) is 28.7. The molecule has 0 saturated carbocycles. The number of carbonyl (C=O) groups is 2. The van der Waals surface area contributed by atoms with Crippen LogP contribution in [0.3, 0.4) is 0 Å². The predicted octanol–water partition coefficient (Wildman–Crippen LogP) is 5.15. The largest absolute Gasteiger partial charge is 0.355 e. The van der Waals surface area contributed by atoms with Gasteiger partial charge in [0.25, 0.3) is 0 Å². The molecule has 1 N–H and O–H groups in total. The predicted molar refractivity (Wildman–Crippen MR) is 158 cm³/mol. The van der Waals surface area contributed by atoms with Gasteiger partial charge in [0.05, 0.1) is 11.9 Å². The summed E-state index contributed by atoms with van der Waals surface area (Å²) >= 11 is 12.6. The third-order valence-corrected chi connectivity index (χ3v) is 7.88. The first-order valence-electron chi connectivity index (χ1n) is 12.5. The molecule has 0 heterocycles. The second kappa shape index (κ2) is 13.3. The van der Waals surface area contributed by atoms with E-state index in [9.17, 15) is 18.0 Å². The van der Waals surface area contributed by atoms with Crippen molar-refractivity contribution in [3.8, 4) is 0 Å². The fourth-order valence-corrected chi connectivity index (χ4v) is 5.69. The Kier molecular flexibility index (Phi) is 10.4. The van der Waals surface area contributed by atoms with Gasteiger partial charge >= 0.3 is 0 Å². The molecule has 1 atom stereocenters. The molecule has 10 heteroatoms. The number of sulfonamides is 1. The van der Waals surface area contributed by atoms with E-state index in [2.05, 4.69) is 5.32 Å². The molecule has 0 aliphatic heterocycles. The summed E-state index contributed by atoms with van der Waals surface area (Å²) in [6, 6.07) is 18.7. The van der Waals surface area contributed by atoms with Crippen LogP contribution >= 0.6 is 23.2 Å². The Morgan fingerprint density at radius 1 is 0.949 bits per heavy atom. The minimum atomic E-state index is -3.84. The number of nitrogens with zero attached hydrogens (tertiary/aromatic N) is 2. The van der Waals surface area contributed by atoms with Gasteiger partial charge in [0.1, 0.15) is 12.6 Å². The Labute approximate surface area is 240 Å². The molecule has 0 aliphatic rings. The van der Waals surface area contributed by atoms with Crippen molar-refractivity contribution < 1.29 is 18.0 Å². The first kappa shape index (κ1) is 30.5. The van der Waals surface area contributed by atoms with E-state index < -0.39 is 28.5 Å². The second-order valence-electron chi connectivity index (χ2n) is 9.47. The standard InChI is InChI=1S/C29H33Cl2N3O4S/c1-5-32-29(36)27(16-22-9-7-6-8-10-22)33(18-23-11-12-24(30)17-26(23)31)28(35)19-34(39(4,37)38)25-14-20(2)13-21(3)15-25/h6-15,17,27H,5,16,18-19H2,1-4H3,(H,32,36). The number of halogens is 2. The maximum Gasteiger partial charge on any atom is 0.244 e. The van der Waals surface area contributed by atoms with Crippen molar-refractivity contribution in [3.63, 3.8) is 0 Å². The van der Waals surface area contributed by atoms with Gasteiger partial charge in [0, 0.05) is 29.6 Å². The normalized spacial score (nSPS) is 12.1. The summed E-state index contributed by atoms with van der Waals surface area (Å²) in [6.07, 6.45) is 1.29. The highest BCUT2D eigenvalue weighted by Crippen LogP contribution is 2.26. The summed E-state index contributed by atoms with van der Waals surface area (Å²) in [5, 5.41) is 3.59. The van der Waals surface area contributed by atoms with Gasteiger partial charge in [-0.1, -0.05) is 65.7 Å². The lowest BCUT2D eigenvalue weighted by atomic mass is 10.0. The fourth-order valence-electron chi connectivity index (χ4n) is 4.39. The van der Waals surface area contributed by atoms with Crippen LogP contribution in [0.15, 0.2) is 66.7 Å². The minimum absolute atomic E-state index is 0.0199. The van der Waals surface area contributed by atoms with Gasteiger partial charge in [-0.15, -0.1) is 0 Å². The number of rotatable bonds is 11. The van der Waals surface area contributed by atoms with Gasteiger partial charge in [0.15, 0.2) is 0 Å². The zero-order valence-electron chi connectivity index (χ0n) is 22.4. The number of anilines is 1. The van der Waals surface area contributed by atoms with Crippen LogP contribution in [-0.2, 0) is 32.6 Å². The highest BCUT2D eigenvalue weighted by atomic mass is 35.5. The molecule has 0 radical (unpaired) electrons. The Bertz CT molecular complexity index is 1410. The van der Waals surface area contributed by atoms with Gasteiger partial charge < -0.3 is 10.2 Å². The van der Waals surface area contributed by atoms with Crippen LogP contribution in [0.2, 0.25) is 10.0 Å². The summed E-state index contributed by atoms with van der Waals surface area (Å²) < 4.78 is 26.9. The summed E-state index contributed by atoms with van der Waals surface area (Å²) in [5.41, 5.74) is 3.53. The SMILES string of the molecule is CCNC(=O)C(Cc1ccccc1)N(Cc1ccc(Cl)cc1Cl)C(=O)CN(c1cc(C)cc(C)c1)S(C)(=O)=O. The molecular formula is C29H33Cl2N3O4S. The molecule has 2 amide bonds. The maximum absolute atomic E-state index is 14.0. The summed E-state index contributed by atoms with van der Waals surface area (Å²) in [6.45, 7) is 5.37. The third kappa shape index (κ3) is 8.46. The Balaban J connectivity index is 2.08. The fraction of sp³-hybridized carbons (Fsp3) is 0.310. The topological polar surface area (TPSA) is 86.8 Å². The number of likely N-dealkylation sites (N-methyl/N-ethyl adjacent to an activating group) is 1. The van der Waals surface area contributed by atoms with Crippen molar-refractivity contribution >= 4 is 50.7 Å². The van der Waals surface area contributed by atoms with E-state index in [1.54, 1.807) is 37.3 Å². The molecule has 0 spiro atoms. The molecule has 1 unspecified atom stereocenters. The van der Waals surface area contributed by atoms with Crippen molar-refractivity contribution in [2.75, 3.05) is 23.7 Å². The van der Waals surface area contributed by atoms with Crippen molar-refractivity contribution in [1.82, 2.24) is 10.2 Å². The summed E-state index contributed by atoms with van der Waals surface area (Å²) in [5.74, 6) is -0.894. The number of benzene rings is 3. The van der Waals surface area contributed by atoms with E-state index >= 15 is 0 Å². The monoisotopic (exact) mass is 589 g/mol. The molecule has 39 heavy (non-hydrogen) atoms. The number of nitrogens with one attached hydrogen (secondary N) is 1. The van der Waals surface area contributed by atoms with Crippen LogP contribution in [-0.4, -0.2) is 50.5 Å². The molecule has 208 valence electrons. The molecule has 0 aromatic heterocycles. The molecule has 3 rings (SSSR count). The van der Waals surface area contributed by atoms with Gasteiger partial charge in [-0.3, -0.25) is 13.9 Å². The van der Waals surface area contributed by atoms with Gasteiger partial charge in [0.2, 0.25) is 21.8 Å².